The van der Waals surface area contributed by atoms with Gasteiger partial charge in [0.05, 0.1) is 16.9 Å². The van der Waals surface area contributed by atoms with Crippen molar-refractivity contribution in [2.45, 2.75) is 6.42 Å². The molecule has 0 aromatic heterocycles. The highest BCUT2D eigenvalue weighted by molar-refractivity contribution is 5.97. The summed E-state index contributed by atoms with van der Waals surface area (Å²) in [5.41, 5.74) is 6.69. The van der Waals surface area contributed by atoms with Gasteiger partial charge in [-0.05, 0) is 12.1 Å². The topological polar surface area (TPSA) is 95.7 Å². The van der Waals surface area contributed by atoms with Crippen LogP contribution in [0.4, 0.5) is 11.4 Å². The van der Waals surface area contributed by atoms with Crippen molar-refractivity contribution in [1.29, 1.82) is 0 Å². The molecular weight excluding hydrogens is 234 g/mol. The average molecular weight is 251 g/mol. The SMILES string of the molecule is CNC(=O)CCN(C)c1cccc(C(=O)O)c1N. The zero-order chi connectivity index (χ0) is 13.7. The van der Waals surface area contributed by atoms with E-state index in [2.05, 4.69) is 5.32 Å². The monoisotopic (exact) mass is 251 g/mol. The van der Waals surface area contributed by atoms with E-state index in [-0.39, 0.29) is 17.2 Å². The summed E-state index contributed by atoms with van der Waals surface area (Å²) in [6.45, 7) is 0.465. The number of nitrogens with zero attached hydrogens (tertiary/aromatic N) is 1. The molecule has 0 saturated heterocycles. The van der Waals surface area contributed by atoms with Crippen molar-refractivity contribution in [3.8, 4) is 0 Å². The maximum atomic E-state index is 11.1. The largest absolute Gasteiger partial charge is 0.478 e. The second-order valence-electron chi connectivity index (χ2n) is 3.89. The lowest BCUT2D eigenvalue weighted by molar-refractivity contribution is -0.120. The Kier molecular flexibility index (Phi) is 4.53. The van der Waals surface area contributed by atoms with Gasteiger partial charge < -0.3 is 21.1 Å². The van der Waals surface area contributed by atoms with Gasteiger partial charge in [-0.3, -0.25) is 4.79 Å². The number of nitrogens with one attached hydrogen (secondary N) is 1. The number of rotatable bonds is 5. The summed E-state index contributed by atoms with van der Waals surface area (Å²) in [6, 6.07) is 4.81. The zero-order valence-corrected chi connectivity index (χ0v) is 10.4. The van der Waals surface area contributed by atoms with E-state index < -0.39 is 5.97 Å². The molecule has 4 N–H and O–H groups in total. The summed E-state index contributed by atoms with van der Waals surface area (Å²) in [5, 5.41) is 11.5. The molecule has 0 atom stereocenters. The van der Waals surface area contributed by atoms with E-state index in [0.29, 0.717) is 18.7 Å². The number of benzene rings is 1. The van der Waals surface area contributed by atoms with Gasteiger partial charge in [0.25, 0.3) is 0 Å². The van der Waals surface area contributed by atoms with Crippen molar-refractivity contribution in [1.82, 2.24) is 5.32 Å². The first-order valence-electron chi connectivity index (χ1n) is 5.51. The van der Waals surface area contributed by atoms with Gasteiger partial charge >= 0.3 is 5.97 Å². The summed E-state index contributed by atoms with van der Waals surface area (Å²) in [4.78, 5) is 23.9. The van der Waals surface area contributed by atoms with E-state index in [1.807, 2.05) is 0 Å². The van der Waals surface area contributed by atoms with E-state index in [1.54, 1.807) is 31.1 Å². The number of nitrogen functional groups attached to an aromatic ring is 1. The molecule has 1 rings (SSSR count). The minimum atomic E-state index is -1.06. The van der Waals surface area contributed by atoms with Crippen molar-refractivity contribution in [2.75, 3.05) is 31.3 Å². The molecule has 0 heterocycles. The highest BCUT2D eigenvalue weighted by Gasteiger charge is 2.14. The van der Waals surface area contributed by atoms with E-state index >= 15 is 0 Å². The average Bonchev–Trinajstić information content (AvgIpc) is 2.35. The Morgan fingerprint density at radius 2 is 2.11 bits per heavy atom. The fraction of sp³-hybridized carbons (Fsp3) is 0.333. The van der Waals surface area contributed by atoms with Crippen LogP contribution in [0.5, 0.6) is 0 Å². The van der Waals surface area contributed by atoms with Crippen molar-refractivity contribution in [3.05, 3.63) is 23.8 Å². The maximum Gasteiger partial charge on any atom is 0.337 e. The molecule has 1 aromatic rings. The Balaban J connectivity index is 2.86. The van der Waals surface area contributed by atoms with Gasteiger partial charge in [0, 0.05) is 27.1 Å². The van der Waals surface area contributed by atoms with Crippen LogP contribution in [-0.2, 0) is 4.79 Å². The van der Waals surface area contributed by atoms with Crippen LogP contribution in [0.15, 0.2) is 18.2 Å². The lowest BCUT2D eigenvalue weighted by Gasteiger charge is -2.21. The highest BCUT2D eigenvalue weighted by Crippen LogP contribution is 2.25. The third kappa shape index (κ3) is 3.13. The second kappa shape index (κ2) is 5.90. The van der Waals surface area contributed by atoms with Crippen LogP contribution in [0.3, 0.4) is 0 Å². The first-order valence-corrected chi connectivity index (χ1v) is 5.51. The normalized spacial score (nSPS) is 9.89. The molecule has 1 aromatic carbocycles. The summed E-state index contributed by atoms with van der Waals surface area (Å²) >= 11 is 0. The number of para-hydroxylation sites is 1. The van der Waals surface area contributed by atoms with Crippen LogP contribution in [0.1, 0.15) is 16.8 Å². The molecule has 6 heteroatoms. The second-order valence-corrected chi connectivity index (χ2v) is 3.89. The fourth-order valence-corrected chi connectivity index (χ4v) is 1.59. The molecule has 1 amide bonds. The van der Waals surface area contributed by atoms with Crippen molar-refractivity contribution in [3.63, 3.8) is 0 Å². The number of anilines is 2. The third-order valence-corrected chi connectivity index (χ3v) is 2.68. The zero-order valence-electron chi connectivity index (χ0n) is 10.4. The van der Waals surface area contributed by atoms with Crippen LogP contribution >= 0.6 is 0 Å². The Morgan fingerprint density at radius 1 is 1.44 bits per heavy atom. The van der Waals surface area contributed by atoms with Gasteiger partial charge in [-0.2, -0.15) is 0 Å². The van der Waals surface area contributed by atoms with Gasteiger partial charge in [0.1, 0.15) is 0 Å². The lowest BCUT2D eigenvalue weighted by atomic mass is 10.1. The first-order chi connectivity index (χ1) is 8.47. The molecule has 18 heavy (non-hydrogen) atoms. The molecule has 0 radical (unpaired) electrons. The molecule has 0 bridgehead atoms. The Morgan fingerprint density at radius 3 is 2.67 bits per heavy atom. The number of carboxylic acid groups (broad SMARTS) is 1. The Bertz CT molecular complexity index is 460. The van der Waals surface area contributed by atoms with Crippen molar-refractivity contribution < 1.29 is 14.7 Å². The fourth-order valence-electron chi connectivity index (χ4n) is 1.59. The molecule has 0 aliphatic heterocycles. The quantitative estimate of drug-likeness (QED) is 0.664. The number of carboxylic acids is 1. The molecule has 0 aliphatic carbocycles. The predicted octanol–water partition coefficient (Wildman–Crippen LogP) is 0.539. The number of aromatic carboxylic acids is 1. The minimum absolute atomic E-state index is 0.0688. The number of hydrogen-bond donors (Lipinski definition) is 3. The standard InChI is InChI=1S/C12H17N3O3/c1-14-10(16)6-7-15(2)9-5-3-4-8(11(9)13)12(17)18/h3-5H,6-7,13H2,1-2H3,(H,14,16)(H,17,18). The minimum Gasteiger partial charge on any atom is -0.478 e. The number of hydrogen-bond acceptors (Lipinski definition) is 4. The number of nitrogens with two attached hydrogens (primary N) is 1. The van der Waals surface area contributed by atoms with Gasteiger partial charge in [0.2, 0.25) is 5.91 Å². The molecule has 0 fully saturated rings. The Labute approximate surface area is 105 Å². The number of carbonyl (C=O) groups excluding carboxylic acids is 1. The summed E-state index contributed by atoms with van der Waals surface area (Å²) in [6.07, 6.45) is 0.323. The van der Waals surface area contributed by atoms with Gasteiger partial charge in [-0.25, -0.2) is 4.79 Å². The summed E-state index contributed by atoms with van der Waals surface area (Å²) < 4.78 is 0. The molecule has 0 spiro atoms. The molecular formula is C12H17N3O3. The van der Waals surface area contributed by atoms with E-state index in [0.717, 1.165) is 0 Å². The molecule has 6 nitrogen and oxygen atoms in total. The molecule has 98 valence electrons. The number of amides is 1. The van der Waals surface area contributed by atoms with Crippen LogP contribution < -0.4 is 16.0 Å². The summed E-state index contributed by atoms with van der Waals surface area (Å²) in [7, 11) is 3.34. The van der Waals surface area contributed by atoms with Crippen molar-refractivity contribution in [2.24, 2.45) is 0 Å². The van der Waals surface area contributed by atoms with Gasteiger partial charge in [-0.15, -0.1) is 0 Å². The van der Waals surface area contributed by atoms with E-state index in [9.17, 15) is 9.59 Å². The number of carbonyl (C=O) groups is 2. The molecule has 0 saturated carbocycles. The van der Waals surface area contributed by atoms with Crippen LogP contribution in [-0.4, -0.2) is 37.6 Å². The molecule has 0 unspecified atom stereocenters. The molecule has 0 aliphatic rings. The highest BCUT2D eigenvalue weighted by atomic mass is 16.4. The van der Waals surface area contributed by atoms with Crippen LogP contribution in [0, 0.1) is 0 Å². The lowest BCUT2D eigenvalue weighted by Crippen LogP contribution is -2.27. The van der Waals surface area contributed by atoms with Crippen LogP contribution in [0.2, 0.25) is 0 Å². The Hall–Kier alpha value is -2.24. The third-order valence-electron chi connectivity index (χ3n) is 2.68. The van der Waals surface area contributed by atoms with Crippen LogP contribution in [0.25, 0.3) is 0 Å². The van der Waals surface area contributed by atoms with E-state index in [1.165, 1.54) is 6.07 Å². The smallest absolute Gasteiger partial charge is 0.337 e. The van der Waals surface area contributed by atoms with Gasteiger partial charge in [0.15, 0.2) is 0 Å². The van der Waals surface area contributed by atoms with Gasteiger partial charge in [-0.1, -0.05) is 6.07 Å². The first kappa shape index (κ1) is 13.8. The predicted molar refractivity (Wildman–Crippen MR) is 69.8 cm³/mol. The van der Waals surface area contributed by atoms with E-state index in [4.69, 9.17) is 10.8 Å². The maximum absolute atomic E-state index is 11.1. The summed E-state index contributed by atoms with van der Waals surface area (Å²) in [5.74, 6) is -1.14. The van der Waals surface area contributed by atoms with Crippen molar-refractivity contribution >= 4 is 23.3 Å².